The van der Waals surface area contributed by atoms with Gasteiger partial charge in [0.2, 0.25) is 0 Å². The van der Waals surface area contributed by atoms with Gasteiger partial charge in [-0.25, -0.2) is 0 Å². The van der Waals surface area contributed by atoms with Crippen molar-refractivity contribution in [2.24, 2.45) is 0 Å². The molecule has 2 aliphatic rings. The Morgan fingerprint density at radius 3 is 2.59 bits per heavy atom. The van der Waals surface area contributed by atoms with Crippen molar-refractivity contribution in [3.63, 3.8) is 0 Å². The second-order valence-corrected chi connectivity index (χ2v) is 8.55. The molecule has 1 aromatic heterocycles. The van der Waals surface area contributed by atoms with Gasteiger partial charge in [0.25, 0.3) is 5.91 Å². The lowest BCUT2D eigenvalue weighted by molar-refractivity contribution is 0.0162. The van der Waals surface area contributed by atoms with Crippen LogP contribution in [0.15, 0.2) is 59.1 Å². The summed E-state index contributed by atoms with van der Waals surface area (Å²) < 4.78 is 11.0. The molecule has 0 spiro atoms. The van der Waals surface area contributed by atoms with Crippen LogP contribution in [-0.4, -0.2) is 48.8 Å². The first-order chi connectivity index (χ1) is 15.8. The minimum Gasteiger partial charge on any atom is -0.379 e. The van der Waals surface area contributed by atoms with E-state index in [0.717, 1.165) is 31.5 Å². The van der Waals surface area contributed by atoms with Gasteiger partial charge in [-0.15, -0.1) is 0 Å². The maximum atomic E-state index is 12.9. The Morgan fingerprint density at radius 1 is 1.00 bits per heavy atom. The highest BCUT2D eigenvalue weighted by Crippen LogP contribution is 2.28. The zero-order valence-electron chi connectivity index (χ0n) is 18.3. The Morgan fingerprint density at radius 2 is 1.78 bits per heavy atom. The van der Waals surface area contributed by atoms with E-state index in [1.165, 1.54) is 29.5 Å². The average Bonchev–Trinajstić information content (AvgIpc) is 3.36. The molecule has 1 saturated heterocycles. The van der Waals surface area contributed by atoms with Crippen molar-refractivity contribution in [3.8, 4) is 11.3 Å². The first kappa shape index (κ1) is 20.9. The molecule has 1 amide bonds. The normalized spacial score (nSPS) is 17.5. The molecular formula is C26H29N3O3. The fourth-order valence-corrected chi connectivity index (χ4v) is 4.71. The number of nitrogens with one attached hydrogen (secondary N) is 1. The molecule has 3 aromatic rings. The van der Waals surface area contributed by atoms with Crippen LogP contribution in [0.1, 0.15) is 46.1 Å². The predicted octanol–water partition coefficient (Wildman–Crippen LogP) is 4.02. The Balaban J connectivity index is 1.28. The van der Waals surface area contributed by atoms with Crippen molar-refractivity contribution in [1.82, 2.24) is 15.4 Å². The third kappa shape index (κ3) is 4.61. The second-order valence-electron chi connectivity index (χ2n) is 8.55. The summed E-state index contributed by atoms with van der Waals surface area (Å²) in [4.78, 5) is 15.2. The number of aromatic nitrogens is 1. The number of hydrogen-bond donors (Lipinski definition) is 1. The number of carbonyl (C=O) groups is 1. The smallest absolute Gasteiger partial charge is 0.273 e. The SMILES string of the molecule is O=C(NC[C@H](c1ccccc1)N1CCOCC1)c1cc(-c2ccc3c(c2)CCCC3)on1. The van der Waals surface area contributed by atoms with Gasteiger partial charge in [0.15, 0.2) is 11.5 Å². The van der Waals surface area contributed by atoms with E-state index in [4.69, 9.17) is 9.26 Å². The quantitative estimate of drug-likeness (QED) is 0.638. The third-order valence-corrected chi connectivity index (χ3v) is 6.50. The van der Waals surface area contributed by atoms with E-state index in [-0.39, 0.29) is 11.9 Å². The number of benzene rings is 2. The van der Waals surface area contributed by atoms with E-state index in [1.54, 1.807) is 6.07 Å². The number of rotatable bonds is 6. The van der Waals surface area contributed by atoms with Crippen molar-refractivity contribution in [2.45, 2.75) is 31.7 Å². The number of morpholine rings is 1. The van der Waals surface area contributed by atoms with Crippen LogP contribution in [0.3, 0.4) is 0 Å². The van der Waals surface area contributed by atoms with Gasteiger partial charge < -0.3 is 14.6 Å². The summed E-state index contributed by atoms with van der Waals surface area (Å²) in [7, 11) is 0. The van der Waals surface area contributed by atoms with E-state index in [1.807, 2.05) is 18.2 Å². The van der Waals surface area contributed by atoms with Crippen LogP contribution in [0.4, 0.5) is 0 Å². The molecule has 0 bridgehead atoms. The van der Waals surface area contributed by atoms with Crippen molar-refractivity contribution < 1.29 is 14.1 Å². The van der Waals surface area contributed by atoms with Crippen molar-refractivity contribution in [1.29, 1.82) is 0 Å². The maximum Gasteiger partial charge on any atom is 0.273 e. The van der Waals surface area contributed by atoms with Crippen molar-refractivity contribution in [3.05, 3.63) is 77.0 Å². The maximum absolute atomic E-state index is 12.9. The largest absolute Gasteiger partial charge is 0.379 e. The molecule has 1 N–H and O–H groups in total. The highest BCUT2D eigenvalue weighted by molar-refractivity contribution is 5.93. The Bertz CT molecular complexity index is 1060. The fourth-order valence-electron chi connectivity index (χ4n) is 4.71. The molecule has 6 nitrogen and oxygen atoms in total. The molecule has 32 heavy (non-hydrogen) atoms. The molecule has 1 aliphatic carbocycles. The van der Waals surface area contributed by atoms with Crippen LogP contribution >= 0.6 is 0 Å². The van der Waals surface area contributed by atoms with E-state index >= 15 is 0 Å². The minimum absolute atomic E-state index is 0.0936. The Kier molecular flexibility index (Phi) is 6.32. The highest BCUT2D eigenvalue weighted by Gasteiger charge is 2.24. The summed E-state index contributed by atoms with van der Waals surface area (Å²) in [6.45, 7) is 3.63. The molecule has 6 heteroatoms. The summed E-state index contributed by atoms with van der Waals surface area (Å²) >= 11 is 0. The zero-order chi connectivity index (χ0) is 21.8. The summed E-state index contributed by atoms with van der Waals surface area (Å²) in [5.74, 6) is 0.420. The van der Waals surface area contributed by atoms with Crippen LogP contribution in [-0.2, 0) is 17.6 Å². The molecule has 2 aromatic carbocycles. The highest BCUT2D eigenvalue weighted by atomic mass is 16.5. The van der Waals surface area contributed by atoms with Gasteiger partial charge >= 0.3 is 0 Å². The monoisotopic (exact) mass is 431 g/mol. The number of hydrogen-bond acceptors (Lipinski definition) is 5. The van der Waals surface area contributed by atoms with Gasteiger partial charge in [-0.2, -0.15) is 0 Å². The van der Waals surface area contributed by atoms with Crippen molar-refractivity contribution in [2.75, 3.05) is 32.8 Å². The van der Waals surface area contributed by atoms with Gasteiger partial charge in [-0.1, -0.05) is 47.6 Å². The summed E-state index contributed by atoms with van der Waals surface area (Å²) in [5.41, 5.74) is 5.28. The number of carbonyl (C=O) groups excluding carboxylic acids is 1. The van der Waals surface area contributed by atoms with Gasteiger partial charge in [-0.05, 0) is 48.4 Å². The first-order valence-electron chi connectivity index (χ1n) is 11.5. The molecule has 166 valence electrons. The average molecular weight is 432 g/mol. The summed E-state index contributed by atoms with van der Waals surface area (Å²) in [6, 6.07) is 18.6. The number of aryl methyl sites for hydroxylation is 2. The van der Waals surface area contributed by atoms with Gasteiger partial charge in [0.05, 0.1) is 19.3 Å². The van der Waals surface area contributed by atoms with Gasteiger partial charge in [0.1, 0.15) is 0 Å². The molecule has 1 fully saturated rings. The standard InChI is InChI=1S/C26H29N3O3/c30-26(27-18-24(20-7-2-1-3-8-20)29-12-14-31-15-13-29)23-17-25(32-28-23)22-11-10-19-6-4-5-9-21(19)16-22/h1-3,7-8,10-11,16-17,24H,4-6,9,12-15,18H2,(H,27,30)/t24-/m1/s1. The van der Waals surface area contributed by atoms with Crippen LogP contribution < -0.4 is 5.32 Å². The molecule has 0 radical (unpaired) electrons. The van der Waals surface area contributed by atoms with Crippen molar-refractivity contribution >= 4 is 5.91 Å². The van der Waals surface area contributed by atoms with E-state index in [0.29, 0.717) is 31.2 Å². The molecule has 5 rings (SSSR count). The number of amides is 1. The lowest BCUT2D eigenvalue weighted by Gasteiger charge is -2.34. The van der Waals surface area contributed by atoms with Crippen LogP contribution in [0.2, 0.25) is 0 Å². The zero-order valence-corrected chi connectivity index (χ0v) is 18.3. The number of ether oxygens (including phenoxy) is 1. The fraction of sp³-hybridized carbons (Fsp3) is 0.385. The molecule has 1 atom stereocenters. The van der Waals surface area contributed by atoms with Crippen LogP contribution in [0, 0.1) is 0 Å². The van der Waals surface area contributed by atoms with E-state index in [2.05, 4.69) is 45.7 Å². The predicted molar refractivity (Wildman–Crippen MR) is 122 cm³/mol. The molecule has 0 saturated carbocycles. The Hall–Kier alpha value is -2.96. The summed E-state index contributed by atoms with van der Waals surface area (Å²) in [5, 5.41) is 7.11. The first-order valence-corrected chi connectivity index (χ1v) is 11.5. The number of nitrogens with zero attached hydrogens (tertiary/aromatic N) is 2. The lowest BCUT2D eigenvalue weighted by atomic mass is 9.90. The van der Waals surface area contributed by atoms with Gasteiger partial charge in [0, 0.05) is 31.3 Å². The second kappa shape index (κ2) is 9.67. The lowest BCUT2D eigenvalue weighted by Crippen LogP contribution is -2.43. The third-order valence-electron chi connectivity index (χ3n) is 6.50. The van der Waals surface area contributed by atoms with Crippen LogP contribution in [0.5, 0.6) is 0 Å². The summed E-state index contributed by atoms with van der Waals surface area (Å²) in [6.07, 6.45) is 4.73. The van der Waals surface area contributed by atoms with E-state index < -0.39 is 0 Å². The van der Waals surface area contributed by atoms with E-state index in [9.17, 15) is 4.79 Å². The number of fused-ring (bicyclic) bond motifs is 1. The molecule has 2 heterocycles. The molecular weight excluding hydrogens is 402 g/mol. The topological polar surface area (TPSA) is 67.6 Å². The van der Waals surface area contributed by atoms with Gasteiger partial charge in [-0.3, -0.25) is 9.69 Å². The Labute approximate surface area is 188 Å². The van der Waals surface area contributed by atoms with Crippen LogP contribution in [0.25, 0.3) is 11.3 Å². The molecule has 1 aliphatic heterocycles. The molecule has 0 unspecified atom stereocenters. The minimum atomic E-state index is -0.216.